The number of nitrogen functional groups attached to an aromatic ring is 1. The lowest BCUT2D eigenvalue weighted by molar-refractivity contribution is 0.0476. The summed E-state index contributed by atoms with van der Waals surface area (Å²) < 4.78 is 5.52. The average Bonchev–Trinajstić information content (AvgIpc) is 2.25. The molecule has 1 aromatic rings. The molecular weight excluding hydrogens is 228 g/mol. The summed E-state index contributed by atoms with van der Waals surface area (Å²) in [5.41, 5.74) is 6.31. The molecule has 4 nitrogen and oxygen atoms in total. The lowest BCUT2D eigenvalue weighted by Gasteiger charge is -2.35. The van der Waals surface area contributed by atoms with Gasteiger partial charge in [-0.25, -0.2) is 0 Å². The molecular formula is C14H22N2O2. The molecule has 0 aliphatic heterocycles. The minimum absolute atomic E-state index is 0.320. The zero-order chi connectivity index (χ0) is 13.0. The van der Waals surface area contributed by atoms with Crippen molar-refractivity contribution < 1.29 is 9.84 Å². The molecule has 4 heteroatoms. The molecule has 1 aromatic carbocycles. The van der Waals surface area contributed by atoms with Crippen LogP contribution in [0.5, 0.6) is 5.75 Å². The minimum atomic E-state index is -0.451. The maximum atomic E-state index is 9.91. The Morgan fingerprint density at radius 2 is 2.06 bits per heavy atom. The Morgan fingerprint density at radius 3 is 2.61 bits per heavy atom. The quantitative estimate of drug-likeness (QED) is 0.751. The van der Waals surface area contributed by atoms with E-state index in [2.05, 4.69) is 11.9 Å². The lowest BCUT2D eigenvalue weighted by Crippen LogP contribution is -2.42. The first-order chi connectivity index (χ1) is 8.65. The van der Waals surface area contributed by atoms with E-state index < -0.39 is 6.10 Å². The van der Waals surface area contributed by atoms with Crippen molar-refractivity contribution in [1.29, 1.82) is 0 Å². The second-order valence-corrected chi connectivity index (χ2v) is 5.06. The summed E-state index contributed by atoms with van der Waals surface area (Å²) in [4.78, 5) is 2.22. The molecule has 0 saturated heterocycles. The highest BCUT2D eigenvalue weighted by atomic mass is 16.5. The van der Waals surface area contributed by atoms with Crippen LogP contribution in [-0.4, -0.2) is 42.4 Å². The van der Waals surface area contributed by atoms with Gasteiger partial charge in [-0.3, -0.25) is 0 Å². The van der Waals surface area contributed by atoms with Gasteiger partial charge in [0, 0.05) is 18.3 Å². The van der Waals surface area contributed by atoms with Crippen molar-refractivity contribution in [3.63, 3.8) is 0 Å². The lowest BCUT2D eigenvalue weighted by atomic mass is 9.92. The van der Waals surface area contributed by atoms with Crippen LogP contribution in [0.1, 0.15) is 19.3 Å². The van der Waals surface area contributed by atoms with Crippen molar-refractivity contribution in [3.05, 3.63) is 24.3 Å². The number of likely N-dealkylation sites (N-methyl/N-ethyl adjacent to an activating group) is 1. The number of ether oxygens (including phenoxy) is 1. The first-order valence-corrected chi connectivity index (χ1v) is 6.52. The van der Waals surface area contributed by atoms with Crippen molar-refractivity contribution in [2.75, 3.05) is 25.9 Å². The summed E-state index contributed by atoms with van der Waals surface area (Å²) in [6, 6.07) is 7.87. The Kier molecular flexibility index (Phi) is 4.44. The van der Waals surface area contributed by atoms with Crippen molar-refractivity contribution in [3.8, 4) is 5.75 Å². The summed E-state index contributed by atoms with van der Waals surface area (Å²) in [5, 5.41) is 9.91. The molecule has 0 heterocycles. The normalized spacial score (nSPS) is 17.5. The van der Waals surface area contributed by atoms with Crippen LogP contribution >= 0.6 is 0 Å². The van der Waals surface area contributed by atoms with Gasteiger partial charge >= 0.3 is 0 Å². The number of hydrogen-bond donors (Lipinski definition) is 2. The molecule has 18 heavy (non-hydrogen) atoms. The molecule has 0 radical (unpaired) electrons. The summed E-state index contributed by atoms with van der Waals surface area (Å²) in [6.45, 7) is 0.987. The van der Waals surface area contributed by atoms with Gasteiger partial charge in [0.1, 0.15) is 18.5 Å². The SMILES string of the molecule is CN(CC(O)COc1ccc(N)cc1)C1CCC1. The zero-order valence-electron chi connectivity index (χ0n) is 10.9. The molecule has 1 aliphatic rings. The second-order valence-electron chi connectivity index (χ2n) is 5.06. The molecule has 0 spiro atoms. The van der Waals surface area contributed by atoms with Gasteiger partial charge in [-0.1, -0.05) is 6.42 Å². The van der Waals surface area contributed by atoms with Gasteiger partial charge < -0.3 is 20.5 Å². The molecule has 100 valence electrons. The molecule has 1 fully saturated rings. The number of rotatable bonds is 6. The van der Waals surface area contributed by atoms with Crippen molar-refractivity contribution in [2.24, 2.45) is 0 Å². The van der Waals surface area contributed by atoms with Gasteiger partial charge in [-0.05, 0) is 44.2 Å². The van der Waals surface area contributed by atoms with Gasteiger partial charge in [0.15, 0.2) is 0 Å². The fraction of sp³-hybridized carbons (Fsp3) is 0.571. The number of aliphatic hydroxyl groups excluding tert-OH is 1. The highest BCUT2D eigenvalue weighted by Gasteiger charge is 2.23. The third-order valence-corrected chi connectivity index (χ3v) is 3.52. The van der Waals surface area contributed by atoms with E-state index in [1.54, 1.807) is 12.1 Å². The van der Waals surface area contributed by atoms with Crippen LogP contribution in [0.25, 0.3) is 0 Å². The van der Waals surface area contributed by atoms with Crippen LogP contribution in [0.3, 0.4) is 0 Å². The molecule has 1 aliphatic carbocycles. The number of nitrogens with zero attached hydrogens (tertiary/aromatic N) is 1. The summed E-state index contributed by atoms with van der Waals surface area (Å²) in [6.07, 6.45) is 3.37. The topological polar surface area (TPSA) is 58.7 Å². The monoisotopic (exact) mass is 250 g/mol. The van der Waals surface area contributed by atoms with Crippen LogP contribution in [-0.2, 0) is 0 Å². The van der Waals surface area contributed by atoms with E-state index in [1.807, 2.05) is 12.1 Å². The molecule has 1 atom stereocenters. The molecule has 0 aromatic heterocycles. The summed E-state index contributed by atoms with van der Waals surface area (Å²) in [7, 11) is 2.07. The van der Waals surface area contributed by atoms with E-state index >= 15 is 0 Å². The minimum Gasteiger partial charge on any atom is -0.491 e. The van der Waals surface area contributed by atoms with Crippen LogP contribution in [0.2, 0.25) is 0 Å². The van der Waals surface area contributed by atoms with Crippen LogP contribution in [0, 0.1) is 0 Å². The number of nitrogens with two attached hydrogens (primary N) is 1. The Balaban J connectivity index is 1.70. The molecule has 1 saturated carbocycles. The molecule has 0 bridgehead atoms. The standard InChI is InChI=1S/C14H22N2O2/c1-16(12-3-2-4-12)9-13(17)10-18-14-7-5-11(15)6-8-14/h5-8,12-13,17H,2-4,9-10,15H2,1H3. The van der Waals surface area contributed by atoms with E-state index in [0.717, 1.165) is 5.75 Å². The van der Waals surface area contributed by atoms with Crippen LogP contribution < -0.4 is 10.5 Å². The second kappa shape index (κ2) is 6.07. The Bertz CT molecular complexity index is 363. The largest absolute Gasteiger partial charge is 0.491 e. The van der Waals surface area contributed by atoms with Gasteiger partial charge in [-0.2, -0.15) is 0 Å². The fourth-order valence-electron chi connectivity index (χ4n) is 2.12. The Labute approximate surface area is 108 Å². The van der Waals surface area contributed by atoms with E-state index in [-0.39, 0.29) is 0 Å². The third kappa shape index (κ3) is 3.62. The zero-order valence-corrected chi connectivity index (χ0v) is 10.9. The fourth-order valence-corrected chi connectivity index (χ4v) is 2.12. The van der Waals surface area contributed by atoms with Crippen molar-refractivity contribution in [1.82, 2.24) is 4.90 Å². The van der Waals surface area contributed by atoms with E-state index in [9.17, 15) is 5.11 Å². The number of benzene rings is 1. The first-order valence-electron chi connectivity index (χ1n) is 6.52. The van der Waals surface area contributed by atoms with Gasteiger partial charge in [0.25, 0.3) is 0 Å². The smallest absolute Gasteiger partial charge is 0.119 e. The molecule has 3 N–H and O–H groups in total. The van der Waals surface area contributed by atoms with Crippen molar-refractivity contribution in [2.45, 2.75) is 31.4 Å². The summed E-state index contributed by atoms with van der Waals surface area (Å²) in [5.74, 6) is 0.745. The van der Waals surface area contributed by atoms with E-state index in [4.69, 9.17) is 10.5 Å². The van der Waals surface area contributed by atoms with Crippen LogP contribution in [0.15, 0.2) is 24.3 Å². The van der Waals surface area contributed by atoms with Gasteiger partial charge in [-0.15, -0.1) is 0 Å². The van der Waals surface area contributed by atoms with Gasteiger partial charge in [0.2, 0.25) is 0 Å². The van der Waals surface area contributed by atoms with E-state index in [1.165, 1.54) is 19.3 Å². The highest BCUT2D eigenvalue weighted by Crippen LogP contribution is 2.23. The molecule has 1 unspecified atom stereocenters. The molecule has 2 rings (SSSR count). The number of hydrogen-bond acceptors (Lipinski definition) is 4. The number of aliphatic hydroxyl groups is 1. The van der Waals surface area contributed by atoms with Crippen LogP contribution in [0.4, 0.5) is 5.69 Å². The Morgan fingerprint density at radius 1 is 1.39 bits per heavy atom. The first kappa shape index (κ1) is 13.2. The van der Waals surface area contributed by atoms with E-state index in [0.29, 0.717) is 24.9 Å². The highest BCUT2D eigenvalue weighted by molar-refractivity contribution is 5.41. The molecule has 0 amide bonds. The maximum Gasteiger partial charge on any atom is 0.119 e. The average molecular weight is 250 g/mol. The summed E-state index contributed by atoms with van der Waals surface area (Å²) >= 11 is 0. The number of anilines is 1. The third-order valence-electron chi connectivity index (χ3n) is 3.52. The van der Waals surface area contributed by atoms with Gasteiger partial charge in [0.05, 0.1) is 0 Å². The predicted molar refractivity (Wildman–Crippen MR) is 72.6 cm³/mol. The Hall–Kier alpha value is -1.26. The predicted octanol–water partition coefficient (Wildman–Crippen LogP) is 1.49. The van der Waals surface area contributed by atoms with Crippen molar-refractivity contribution >= 4 is 5.69 Å². The maximum absolute atomic E-state index is 9.91.